The highest BCUT2D eigenvalue weighted by atomic mass is 15.1. The van der Waals surface area contributed by atoms with Gasteiger partial charge in [-0.05, 0) is 56.0 Å². The van der Waals surface area contributed by atoms with Crippen molar-refractivity contribution in [3.63, 3.8) is 0 Å². The number of imidazole rings is 1. The number of rotatable bonds is 3. The molecule has 36 heavy (non-hydrogen) atoms. The molecule has 6 aromatic carbocycles. The molecule has 0 spiro atoms. The third-order valence-electron chi connectivity index (χ3n) is 8.05. The summed E-state index contributed by atoms with van der Waals surface area (Å²) in [7, 11) is 2.21. The van der Waals surface area contributed by atoms with Crippen molar-refractivity contribution < 1.29 is 0 Å². The highest BCUT2D eigenvalue weighted by molar-refractivity contribution is 6.37. The fourth-order valence-corrected chi connectivity index (χ4v) is 6.39. The van der Waals surface area contributed by atoms with Crippen LogP contribution in [-0.4, -0.2) is 9.55 Å². The van der Waals surface area contributed by atoms with Gasteiger partial charge in [-0.2, -0.15) is 0 Å². The summed E-state index contributed by atoms with van der Waals surface area (Å²) in [6.07, 6.45) is 0. The Bertz CT molecular complexity index is 1930. The summed E-state index contributed by atoms with van der Waals surface area (Å²) in [5.41, 5.74) is 6.36. The van der Waals surface area contributed by atoms with Crippen LogP contribution in [0.25, 0.3) is 65.5 Å². The molecule has 7 rings (SSSR count). The number of hydrogen-bond donors (Lipinski definition) is 0. The Hall–Kier alpha value is -3.91. The Labute approximate surface area is 211 Å². The van der Waals surface area contributed by atoms with Crippen LogP contribution in [0.5, 0.6) is 0 Å². The third-order valence-corrected chi connectivity index (χ3v) is 8.05. The summed E-state index contributed by atoms with van der Waals surface area (Å²) in [4.78, 5) is 5.49. The van der Waals surface area contributed by atoms with Gasteiger partial charge in [0.1, 0.15) is 5.82 Å². The molecular formula is C34H30N2. The van der Waals surface area contributed by atoms with Gasteiger partial charge in [-0.3, -0.25) is 0 Å². The van der Waals surface area contributed by atoms with Gasteiger partial charge >= 0.3 is 0 Å². The maximum Gasteiger partial charge on any atom is 0.141 e. The van der Waals surface area contributed by atoms with Gasteiger partial charge in [-0.25, -0.2) is 4.98 Å². The van der Waals surface area contributed by atoms with E-state index in [0.29, 0.717) is 11.8 Å². The van der Waals surface area contributed by atoms with E-state index < -0.39 is 0 Å². The molecule has 0 saturated carbocycles. The molecule has 0 aliphatic carbocycles. The third kappa shape index (κ3) is 2.76. The van der Waals surface area contributed by atoms with Crippen LogP contribution in [0.1, 0.15) is 50.7 Å². The van der Waals surface area contributed by atoms with Crippen LogP contribution in [0, 0.1) is 0 Å². The van der Waals surface area contributed by atoms with Crippen LogP contribution < -0.4 is 0 Å². The number of aromatic nitrogens is 2. The van der Waals surface area contributed by atoms with E-state index in [-0.39, 0.29) is 0 Å². The first kappa shape index (κ1) is 21.4. The van der Waals surface area contributed by atoms with Gasteiger partial charge in [-0.1, -0.05) is 100 Å². The fourth-order valence-electron chi connectivity index (χ4n) is 6.39. The molecule has 2 nitrogen and oxygen atoms in total. The van der Waals surface area contributed by atoms with Crippen LogP contribution in [0.15, 0.2) is 78.9 Å². The lowest BCUT2D eigenvalue weighted by atomic mass is 9.88. The second-order valence-electron chi connectivity index (χ2n) is 10.9. The van der Waals surface area contributed by atoms with Crippen molar-refractivity contribution in [3.8, 4) is 11.4 Å². The molecule has 7 aromatic rings. The van der Waals surface area contributed by atoms with Gasteiger partial charge in [0, 0.05) is 28.8 Å². The zero-order chi connectivity index (χ0) is 24.7. The smallest absolute Gasteiger partial charge is 0.141 e. The molecule has 0 N–H and O–H groups in total. The largest absolute Gasteiger partial charge is 0.327 e. The Morgan fingerprint density at radius 2 is 1.25 bits per heavy atom. The monoisotopic (exact) mass is 466 g/mol. The molecule has 0 atom stereocenters. The van der Waals surface area contributed by atoms with E-state index >= 15 is 0 Å². The van der Waals surface area contributed by atoms with Gasteiger partial charge in [-0.15, -0.1) is 0 Å². The lowest BCUT2D eigenvalue weighted by Gasteiger charge is -2.19. The molecule has 0 saturated heterocycles. The predicted molar refractivity (Wildman–Crippen MR) is 156 cm³/mol. The maximum atomic E-state index is 5.49. The van der Waals surface area contributed by atoms with Crippen molar-refractivity contribution in [3.05, 3.63) is 90.0 Å². The number of fused-ring (bicyclic) bond motifs is 5. The lowest BCUT2D eigenvalue weighted by Crippen LogP contribution is -2.04. The minimum absolute atomic E-state index is 0.414. The summed E-state index contributed by atoms with van der Waals surface area (Å²) >= 11 is 0. The Morgan fingerprint density at radius 1 is 0.611 bits per heavy atom. The van der Waals surface area contributed by atoms with Crippen molar-refractivity contribution in [1.82, 2.24) is 9.55 Å². The molecule has 0 radical (unpaired) electrons. The molecular weight excluding hydrogens is 436 g/mol. The highest BCUT2D eigenvalue weighted by Gasteiger charge is 2.24. The minimum Gasteiger partial charge on any atom is -0.327 e. The van der Waals surface area contributed by atoms with Crippen molar-refractivity contribution >= 4 is 54.1 Å². The molecule has 0 aliphatic rings. The average molecular weight is 467 g/mol. The molecule has 1 aromatic heterocycles. The highest BCUT2D eigenvalue weighted by Crippen LogP contribution is 2.45. The van der Waals surface area contributed by atoms with Crippen LogP contribution in [0.4, 0.5) is 0 Å². The molecule has 0 bridgehead atoms. The summed E-state index contributed by atoms with van der Waals surface area (Å²) in [6.45, 7) is 9.15. The van der Waals surface area contributed by atoms with Gasteiger partial charge in [0.05, 0.1) is 11.0 Å². The minimum atomic E-state index is 0.414. The van der Waals surface area contributed by atoms with E-state index in [0.717, 1.165) is 11.3 Å². The average Bonchev–Trinajstić information content (AvgIpc) is 3.23. The van der Waals surface area contributed by atoms with E-state index in [4.69, 9.17) is 4.98 Å². The van der Waals surface area contributed by atoms with Crippen molar-refractivity contribution in [1.29, 1.82) is 0 Å². The van der Waals surface area contributed by atoms with Gasteiger partial charge in [0.25, 0.3) is 0 Å². The second kappa shape index (κ2) is 7.54. The van der Waals surface area contributed by atoms with Gasteiger partial charge in [0.2, 0.25) is 0 Å². The quantitative estimate of drug-likeness (QED) is 0.187. The molecule has 1 heterocycles. The van der Waals surface area contributed by atoms with E-state index in [9.17, 15) is 0 Å². The molecule has 0 unspecified atom stereocenters. The molecule has 0 fully saturated rings. The molecule has 0 aliphatic heterocycles. The SMILES string of the molecule is CC(C)c1cccc(C(C)C)c1-c1nc2c3cccc4ccc5cc6ccccc6c(c5c43)c2n1C. The maximum absolute atomic E-state index is 5.49. The predicted octanol–water partition coefficient (Wildman–Crippen LogP) is 9.54. The van der Waals surface area contributed by atoms with Gasteiger partial charge in [0.15, 0.2) is 0 Å². The lowest BCUT2D eigenvalue weighted by molar-refractivity contribution is 0.828. The molecule has 176 valence electrons. The van der Waals surface area contributed by atoms with Crippen molar-refractivity contribution in [2.75, 3.05) is 0 Å². The first-order valence-corrected chi connectivity index (χ1v) is 13.0. The van der Waals surface area contributed by atoms with Crippen LogP contribution in [0.2, 0.25) is 0 Å². The van der Waals surface area contributed by atoms with E-state index in [1.165, 1.54) is 65.3 Å². The molecule has 0 amide bonds. The Kier molecular flexibility index (Phi) is 4.48. The Morgan fingerprint density at radius 3 is 2.00 bits per heavy atom. The van der Waals surface area contributed by atoms with Crippen LogP contribution >= 0.6 is 0 Å². The summed E-state index contributed by atoms with van der Waals surface area (Å²) in [5.74, 6) is 1.90. The standard InChI is InChI=1S/C34H30N2/c1-19(2)24-13-9-14-25(20(3)4)30(24)34-35-32-27-15-8-11-21-16-17-23-18-22-10-6-7-12-26(22)31(29(23)28(21)27)33(32)36(34)5/h6-20H,1-5H3. The first-order valence-electron chi connectivity index (χ1n) is 13.0. The van der Waals surface area contributed by atoms with E-state index in [1.54, 1.807) is 0 Å². The topological polar surface area (TPSA) is 17.8 Å². The second-order valence-corrected chi connectivity index (χ2v) is 10.9. The van der Waals surface area contributed by atoms with Crippen molar-refractivity contribution in [2.24, 2.45) is 7.05 Å². The van der Waals surface area contributed by atoms with Crippen LogP contribution in [-0.2, 0) is 7.05 Å². The number of benzene rings is 6. The van der Waals surface area contributed by atoms with Gasteiger partial charge < -0.3 is 4.57 Å². The number of nitrogens with zero attached hydrogens (tertiary/aromatic N) is 2. The number of aryl methyl sites for hydroxylation is 1. The zero-order valence-corrected chi connectivity index (χ0v) is 21.6. The fraction of sp³-hybridized carbons (Fsp3) is 0.206. The van der Waals surface area contributed by atoms with E-state index in [1.807, 2.05) is 0 Å². The first-order chi connectivity index (χ1) is 17.5. The van der Waals surface area contributed by atoms with E-state index in [2.05, 4.69) is 118 Å². The Balaban J connectivity index is 1.77. The summed E-state index contributed by atoms with van der Waals surface area (Å²) in [5, 5.41) is 10.4. The van der Waals surface area contributed by atoms with Crippen LogP contribution in [0.3, 0.4) is 0 Å². The zero-order valence-electron chi connectivity index (χ0n) is 21.6. The normalized spacial score (nSPS) is 12.5. The number of hydrogen-bond acceptors (Lipinski definition) is 1. The summed E-state index contributed by atoms with van der Waals surface area (Å²) < 4.78 is 2.37. The molecule has 2 heteroatoms. The summed E-state index contributed by atoms with van der Waals surface area (Å²) in [6, 6.07) is 29.1. The van der Waals surface area contributed by atoms with Crippen molar-refractivity contribution in [2.45, 2.75) is 39.5 Å².